The number of rotatable bonds is 13. The average molecular weight is 1030 g/mol. The number of pyridine rings is 1. The summed E-state index contributed by atoms with van der Waals surface area (Å²) in [5.74, 6) is -1.77. The molecule has 7 heterocycles. The first-order valence-electron chi connectivity index (χ1n) is 26.1. The van der Waals surface area contributed by atoms with Crippen molar-refractivity contribution in [3.63, 3.8) is 0 Å². The molecule has 0 spiro atoms. The minimum absolute atomic E-state index is 0.0273. The van der Waals surface area contributed by atoms with Gasteiger partial charge in [0.05, 0.1) is 30.1 Å². The lowest BCUT2D eigenvalue weighted by Crippen LogP contribution is -2.54. The number of aromatic hydroxyl groups is 1. The Balaban J connectivity index is 0.752. The number of fused-ring (bicyclic) bond motifs is 3. The van der Waals surface area contributed by atoms with Crippen molar-refractivity contribution in [1.82, 2.24) is 44.5 Å². The third-order valence-corrected chi connectivity index (χ3v) is 16.2. The van der Waals surface area contributed by atoms with E-state index in [0.717, 1.165) is 18.5 Å². The number of aromatic nitrogens is 5. The number of phenolic OH excluding ortho intramolecular Hbond substituents is 1. The molecule has 5 aliphatic rings. The second-order valence-electron chi connectivity index (χ2n) is 21.2. The number of nitrogens with zero attached hydrogens (tertiary/aromatic N) is 9. The van der Waals surface area contributed by atoms with E-state index in [9.17, 15) is 24.3 Å². The van der Waals surface area contributed by atoms with Gasteiger partial charge in [0, 0.05) is 108 Å². The summed E-state index contributed by atoms with van der Waals surface area (Å²) in [7, 11) is 2.99. The van der Waals surface area contributed by atoms with E-state index in [1.807, 2.05) is 30.0 Å². The van der Waals surface area contributed by atoms with Crippen LogP contribution in [0.15, 0.2) is 53.5 Å². The fourth-order valence-electron chi connectivity index (χ4n) is 11.9. The molecule has 396 valence electrons. The molecule has 2 atom stereocenters. The van der Waals surface area contributed by atoms with Crippen molar-refractivity contribution in [3.05, 3.63) is 76.3 Å². The lowest BCUT2D eigenvalue weighted by Gasteiger charge is -2.43. The van der Waals surface area contributed by atoms with E-state index in [1.54, 1.807) is 13.1 Å². The van der Waals surface area contributed by atoms with Gasteiger partial charge < -0.3 is 34.6 Å². The number of piperazine rings is 1. The maximum atomic E-state index is 17.3. The van der Waals surface area contributed by atoms with Crippen LogP contribution in [0.25, 0.3) is 44.0 Å². The molecule has 1 saturated carbocycles. The molecule has 21 heteroatoms. The first-order chi connectivity index (χ1) is 36.1. The number of ether oxygens (including phenoxy) is 2. The van der Waals surface area contributed by atoms with E-state index in [1.165, 1.54) is 40.6 Å². The number of imide groups is 1. The van der Waals surface area contributed by atoms with Crippen molar-refractivity contribution in [3.8, 4) is 23.0 Å². The summed E-state index contributed by atoms with van der Waals surface area (Å²) >= 11 is 0. The number of halogens is 3. The molecule has 1 unspecified atom stereocenters. The minimum Gasteiger partial charge on any atom is -0.508 e. The summed E-state index contributed by atoms with van der Waals surface area (Å²) in [6, 6.07) is 10.5. The highest BCUT2D eigenvalue weighted by molar-refractivity contribution is 6.02. The largest absolute Gasteiger partial charge is 0.508 e. The van der Waals surface area contributed by atoms with E-state index < -0.39 is 35.3 Å². The zero-order valence-corrected chi connectivity index (χ0v) is 42.5. The Bertz CT molecular complexity index is 3290. The molecule has 0 bridgehead atoms. The number of nitrogens with one attached hydrogen (secondary N) is 2. The number of carbonyl (C=O) groups excluding carboxylic acids is 3. The lowest BCUT2D eigenvalue weighted by molar-refractivity contribution is -0.135. The number of alkyl carbamates (subject to hydrolysis) is 1. The van der Waals surface area contributed by atoms with Crippen molar-refractivity contribution < 1.29 is 42.1 Å². The van der Waals surface area contributed by atoms with Crippen LogP contribution < -0.4 is 30.9 Å². The molecule has 1 aliphatic carbocycles. The third-order valence-electron chi connectivity index (χ3n) is 16.2. The number of hydrogen-bond acceptors (Lipinski definition) is 14. The van der Waals surface area contributed by atoms with Crippen molar-refractivity contribution in [1.29, 1.82) is 0 Å². The predicted molar refractivity (Wildman–Crippen MR) is 276 cm³/mol. The van der Waals surface area contributed by atoms with E-state index in [-0.39, 0.29) is 71.0 Å². The monoisotopic (exact) mass is 1030 g/mol. The Morgan fingerprint density at radius 2 is 1.68 bits per heavy atom. The van der Waals surface area contributed by atoms with Gasteiger partial charge in [-0.2, -0.15) is 9.97 Å². The Morgan fingerprint density at radius 1 is 0.907 bits per heavy atom. The number of carbonyl (C=O) groups is 3. The quantitative estimate of drug-likeness (QED) is 0.112. The van der Waals surface area contributed by atoms with Crippen molar-refractivity contribution in [2.24, 2.45) is 12.5 Å². The van der Waals surface area contributed by atoms with Gasteiger partial charge in [0.25, 0.3) is 0 Å². The number of piperidine rings is 3. The SMILES string of the molecule is CCc1c(F)ccc2cc(O)cc(-c3ncc4c(N5CCC[C@@H](NC(=O)OC)C5)nc(OCC5(CN6CCC(F)(CN7CCN(c8ccc9c(c8)n(C)c(=O)n9C8CCC(=O)NC8=O)CC7)CC6)CC5)nc4c3F)c12. The van der Waals surface area contributed by atoms with E-state index in [2.05, 4.69) is 35.3 Å². The second-order valence-corrected chi connectivity index (χ2v) is 21.2. The van der Waals surface area contributed by atoms with Crippen LogP contribution in [0, 0.1) is 17.0 Å². The van der Waals surface area contributed by atoms with Crippen LogP contribution in [0.5, 0.6) is 11.8 Å². The number of anilines is 2. The number of methoxy groups -OCH3 is 1. The van der Waals surface area contributed by atoms with Gasteiger partial charge in [0.2, 0.25) is 11.8 Å². The van der Waals surface area contributed by atoms with E-state index >= 15 is 13.2 Å². The fraction of sp³-hybridized carbons (Fsp3) is 0.500. The Kier molecular flexibility index (Phi) is 13.3. The highest BCUT2D eigenvalue weighted by atomic mass is 19.1. The van der Waals surface area contributed by atoms with Gasteiger partial charge in [-0.1, -0.05) is 13.0 Å². The number of likely N-dealkylation sites (tertiary alicyclic amines) is 1. The van der Waals surface area contributed by atoms with Crippen LogP contribution in [-0.2, 0) is 27.8 Å². The molecular weight excluding hydrogens is 972 g/mol. The molecule has 3 aromatic carbocycles. The third kappa shape index (κ3) is 9.79. The number of alkyl halides is 1. The molecule has 4 saturated heterocycles. The molecule has 6 aromatic rings. The first-order valence-corrected chi connectivity index (χ1v) is 26.1. The van der Waals surface area contributed by atoms with Crippen LogP contribution in [0.2, 0.25) is 0 Å². The van der Waals surface area contributed by atoms with Crippen LogP contribution in [-0.4, -0.2) is 148 Å². The molecule has 3 amide bonds. The highest BCUT2D eigenvalue weighted by Crippen LogP contribution is 2.48. The van der Waals surface area contributed by atoms with Gasteiger partial charge in [-0.15, -0.1) is 0 Å². The number of imidazole rings is 1. The number of amides is 3. The maximum absolute atomic E-state index is 17.3. The molecule has 11 rings (SSSR count). The number of benzene rings is 3. The summed E-state index contributed by atoms with van der Waals surface area (Å²) < 4.78 is 63.5. The summed E-state index contributed by atoms with van der Waals surface area (Å²) in [5, 5.41) is 17.3. The molecule has 4 aliphatic heterocycles. The Hall–Kier alpha value is -7.00. The van der Waals surface area contributed by atoms with Gasteiger partial charge in [-0.3, -0.25) is 33.9 Å². The molecule has 3 N–H and O–H groups in total. The number of hydrogen-bond donors (Lipinski definition) is 3. The van der Waals surface area contributed by atoms with E-state index in [4.69, 9.17) is 14.5 Å². The van der Waals surface area contributed by atoms with Gasteiger partial charge in [-0.05, 0) is 104 Å². The molecule has 75 heavy (non-hydrogen) atoms. The minimum atomic E-state index is -1.34. The van der Waals surface area contributed by atoms with Gasteiger partial charge in [-0.25, -0.2) is 22.8 Å². The Labute approximate surface area is 430 Å². The second kappa shape index (κ2) is 19.9. The summed E-state index contributed by atoms with van der Waals surface area (Å²) in [6.45, 7) is 7.95. The van der Waals surface area contributed by atoms with Crippen LogP contribution in [0.3, 0.4) is 0 Å². The summed E-state index contributed by atoms with van der Waals surface area (Å²) in [6.07, 6.45) is 5.68. The molecular formula is C54H62F3N11O7. The van der Waals surface area contributed by atoms with E-state index in [0.29, 0.717) is 136 Å². The summed E-state index contributed by atoms with van der Waals surface area (Å²) in [4.78, 5) is 72.8. The highest BCUT2D eigenvalue weighted by Gasteiger charge is 2.47. The molecule has 18 nitrogen and oxygen atoms in total. The zero-order chi connectivity index (χ0) is 52.3. The van der Waals surface area contributed by atoms with Gasteiger partial charge in [0.15, 0.2) is 5.82 Å². The molecule has 3 aromatic heterocycles. The van der Waals surface area contributed by atoms with Gasteiger partial charge >= 0.3 is 17.8 Å². The lowest BCUT2D eigenvalue weighted by atomic mass is 9.91. The van der Waals surface area contributed by atoms with Gasteiger partial charge in [0.1, 0.15) is 40.3 Å². The molecule has 5 fully saturated rings. The van der Waals surface area contributed by atoms with Crippen molar-refractivity contribution in [2.75, 3.05) is 89.0 Å². The number of phenols is 1. The topological polar surface area (TPSA) is 193 Å². The first kappa shape index (κ1) is 50.2. The fourth-order valence-corrected chi connectivity index (χ4v) is 11.9. The van der Waals surface area contributed by atoms with Crippen LogP contribution >= 0.6 is 0 Å². The molecule has 0 radical (unpaired) electrons. The smallest absolute Gasteiger partial charge is 0.407 e. The average Bonchev–Trinajstić information content (AvgIpc) is 4.14. The van der Waals surface area contributed by atoms with Crippen molar-refractivity contribution >= 4 is 62.1 Å². The van der Waals surface area contributed by atoms with Crippen LogP contribution in [0.1, 0.15) is 69.9 Å². The maximum Gasteiger partial charge on any atom is 0.407 e. The number of aryl methyl sites for hydroxylation is 2. The predicted octanol–water partition coefficient (Wildman–Crippen LogP) is 6.13. The van der Waals surface area contributed by atoms with Crippen LogP contribution in [0.4, 0.5) is 29.5 Å². The van der Waals surface area contributed by atoms with Crippen molar-refractivity contribution in [2.45, 2.75) is 82.5 Å². The standard InChI is InChI=1S/C54H62F3N11O7/c1-4-36-39(55)9-7-32-24-35(69)26-37(44(32)36)46-45(56)47-38(27-58-46)48(67-17-5-6-33(28-67)59-51(72)74-3)62-50(61-47)75-31-53(13-14-53)29-64-18-15-54(57,16-19-64)30-65-20-22-66(23-21-65)34-8-10-40-42(25-34)63(2)52(73)68(40)41-11-12-43(70)60-49(41)71/h7-10,24-27,33,41,69H,4-6,11-23,28-31H2,1-3H3,(H,59,72)(H,60,70,71)/t33-,41?/m1/s1. The normalized spacial score (nSPS) is 21.2. The summed E-state index contributed by atoms with van der Waals surface area (Å²) in [5.41, 5.74) is 0.833. The Morgan fingerprint density at radius 3 is 2.41 bits per heavy atom. The zero-order valence-electron chi connectivity index (χ0n) is 42.5.